The highest BCUT2D eigenvalue weighted by Gasteiger charge is 2.33. The molecule has 0 saturated carbocycles. The normalized spacial score (nSPS) is 19.4. The smallest absolute Gasteiger partial charge is 0.265 e. The highest BCUT2D eigenvalue weighted by molar-refractivity contribution is 7.86. The van der Waals surface area contributed by atoms with Gasteiger partial charge in [0.15, 0.2) is 11.9 Å². The van der Waals surface area contributed by atoms with Gasteiger partial charge in [0.05, 0.1) is 6.26 Å². The summed E-state index contributed by atoms with van der Waals surface area (Å²) in [5.74, 6) is 1.01. The molecule has 1 saturated heterocycles. The third-order valence-electron chi connectivity index (χ3n) is 3.31. The quantitative estimate of drug-likeness (QED) is 0.817. The summed E-state index contributed by atoms with van der Waals surface area (Å²) >= 11 is 0. The van der Waals surface area contributed by atoms with E-state index in [2.05, 4.69) is 15.5 Å². The van der Waals surface area contributed by atoms with Gasteiger partial charge >= 0.3 is 0 Å². The van der Waals surface area contributed by atoms with Crippen molar-refractivity contribution in [2.24, 2.45) is 5.92 Å². The molecule has 20 heavy (non-hydrogen) atoms. The van der Waals surface area contributed by atoms with Gasteiger partial charge in [0.2, 0.25) is 0 Å². The standard InChI is InChI=1S/C12H21N3O4S/c1-8(2)11-14-12(18-15-11)10(19-20(3,16)17)9-4-6-13-7-5-9/h8-10,13H,4-7H2,1-3H3. The average molecular weight is 303 g/mol. The first-order valence-electron chi connectivity index (χ1n) is 6.79. The fraction of sp³-hybridized carbons (Fsp3) is 0.833. The third kappa shape index (κ3) is 4.00. The molecular formula is C12H21N3O4S. The van der Waals surface area contributed by atoms with Crippen LogP contribution in [0.25, 0.3) is 0 Å². The summed E-state index contributed by atoms with van der Waals surface area (Å²) in [6.45, 7) is 5.57. The van der Waals surface area contributed by atoms with Gasteiger partial charge < -0.3 is 9.84 Å². The molecule has 0 spiro atoms. The lowest BCUT2D eigenvalue weighted by molar-refractivity contribution is 0.0876. The molecule has 0 radical (unpaired) electrons. The van der Waals surface area contributed by atoms with E-state index in [-0.39, 0.29) is 17.7 Å². The van der Waals surface area contributed by atoms with E-state index >= 15 is 0 Å². The van der Waals surface area contributed by atoms with E-state index in [1.165, 1.54) is 0 Å². The zero-order chi connectivity index (χ0) is 14.8. The number of hydrogen-bond acceptors (Lipinski definition) is 7. The van der Waals surface area contributed by atoms with Gasteiger partial charge in [-0.2, -0.15) is 13.4 Å². The van der Waals surface area contributed by atoms with Crippen LogP contribution in [0.3, 0.4) is 0 Å². The summed E-state index contributed by atoms with van der Waals surface area (Å²) in [5.41, 5.74) is 0. The van der Waals surface area contributed by atoms with Gasteiger partial charge in [-0.25, -0.2) is 0 Å². The van der Waals surface area contributed by atoms with Crippen LogP contribution >= 0.6 is 0 Å². The molecule has 1 fully saturated rings. The average Bonchev–Trinajstić information content (AvgIpc) is 2.85. The lowest BCUT2D eigenvalue weighted by Gasteiger charge is -2.27. The first-order chi connectivity index (χ1) is 9.37. The van der Waals surface area contributed by atoms with Crippen LogP contribution in [-0.4, -0.2) is 37.9 Å². The Morgan fingerprint density at radius 2 is 2.00 bits per heavy atom. The Morgan fingerprint density at radius 3 is 2.50 bits per heavy atom. The Hall–Kier alpha value is -0.990. The molecule has 1 atom stereocenters. The zero-order valence-corrected chi connectivity index (χ0v) is 12.8. The molecule has 1 N–H and O–H groups in total. The SMILES string of the molecule is CC(C)c1noc(C(OS(C)(=O)=O)C2CCNCC2)n1. The van der Waals surface area contributed by atoms with Crippen LogP contribution in [-0.2, 0) is 14.3 Å². The minimum absolute atomic E-state index is 0.0615. The molecule has 2 rings (SSSR count). The van der Waals surface area contributed by atoms with E-state index in [9.17, 15) is 8.42 Å². The van der Waals surface area contributed by atoms with Gasteiger partial charge in [-0.15, -0.1) is 0 Å². The van der Waals surface area contributed by atoms with Crippen molar-refractivity contribution < 1.29 is 17.1 Å². The van der Waals surface area contributed by atoms with Crippen molar-refractivity contribution in [1.29, 1.82) is 0 Å². The Balaban J connectivity index is 2.24. The summed E-state index contributed by atoms with van der Waals surface area (Å²) in [4.78, 5) is 4.28. The Bertz CT molecular complexity index is 535. The Morgan fingerprint density at radius 1 is 1.35 bits per heavy atom. The topological polar surface area (TPSA) is 94.3 Å². The van der Waals surface area contributed by atoms with Gasteiger partial charge in [0.1, 0.15) is 0 Å². The maximum Gasteiger partial charge on any atom is 0.265 e. The number of nitrogens with zero attached hydrogens (tertiary/aromatic N) is 2. The van der Waals surface area contributed by atoms with Crippen LogP contribution in [0, 0.1) is 5.92 Å². The number of aromatic nitrogens is 2. The second-order valence-corrected chi connectivity index (χ2v) is 7.05. The number of hydrogen-bond donors (Lipinski definition) is 1. The predicted octanol–water partition coefficient (Wildman–Crippen LogP) is 1.21. The largest absolute Gasteiger partial charge is 0.336 e. The number of piperidine rings is 1. The van der Waals surface area contributed by atoms with E-state index in [1.807, 2.05) is 13.8 Å². The van der Waals surface area contributed by atoms with Gasteiger partial charge in [-0.3, -0.25) is 4.18 Å². The van der Waals surface area contributed by atoms with Gasteiger partial charge in [0.25, 0.3) is 16.0 Å². The predicted molar refractivity (Wildman–Crippen MR) is 72.7 cm³/mol. The Labute approximate surface area is 119 Å². The molecule has 0 aliphatic carbocycles. The molecule has 8 heteroatoms. The van der Waals surface area contributed by atoms with E-state index in [1.54, 1.807) is 0 Å². The van der Waals surface area contributed by atoms with Crippen molar-refractivity contribution in [3.63, 3.8) is 0 Å². The fourth-order valence-corrected chi connectivity index (χ4v) is 2.87. The van der Waals surface area contributed by atoms with Crippen LogP contribution in [0.4, 0.5) is 0 Å². The molecule has 1 aliphatic rings. The van der Waals surface area contributed by atoms with E-state index in [0.29, 0.717) is 5.82 Å². The second kappa shape index (κ2) is 6.19. The first-order valence-corrected chi connectivity index (χ1v) is 8.61. The number of rotatable bonds is 5. The van der Waals surface area contributed by atoms with Crippen LogP contribution < -0.4 is 5.32 Å². The second-order valence-electron chi connectivity index (χ2n) is 5.45. The van der Waals surface area contributed by atoms with Gasteiger partial charge in [-0.1, -0.05) is 19.0 Å². The number of nitrogens with one attached hydrogen (secondary N) is 1. The lowest BCUT2D eigenvalue weighted by Crippen LogP contribution is -2.32. The minimum atomic E-state index is -3.58. The molecule has 0 aromatic carbocycles. The molecule has 1 unspecified atom stereocenters. The molecule has 0 amide bonds. The van der Waals surface area contributed by atoms with Gasteiger partial charge in [0, 0.05) is 5.92 Å². The summed E-state index contributed by atoms with van der Waals surface area (Å²) in [6.07, 6.45) is 1.99. The zero-order valence-electron chi connectivity index (χ0n) is 12.0. The summed E-state index contributed by atoms with van der Waals surface area (Å²) < 4.78 is 33.4. The first kappa shape index (κ1) is 15.4. The molecule has 0 bridgehead atoms. The fourth-order valence-electron chi connectivity index (χ4n) is 2.25. The van der Waals surface area contributed by atoms with Crippen molar-refractivity contribution in [2.45, 2.75) is 38.7 Å². The van der Waals surface area contributed by atoms with Crippen molar-refractivity contribution in [3.8, 4) is 0 Å². The van der Waals surface area contributed by atoms with E-state index in [4.69, 9.17) is 8.71 Å². The molecule has 114 valence electrons. The molecule has 2 heterocycles. The monoisotopic (exact) mass is 303 g/mol. The molecule has 1 aromatic heterocycles. The van der Waals surface area contributed by atoms with Gasteiger partial charge in [-0.05, 0) is 31.8 Å². The maximum absolute atomic E-state index is 11.5. The van der Waals surface area contributed by atoms with Crippen molar-refractivity contribution in [1.82, 2.24) is 15.5 Å². The van der Waals surface area contributed by atoms with E-state index in [0.717, 1.165) is 32.2 Å². The molecule has 1 aromatic rings. The van der Waals surface area contributed by atoms with Crippen molar-refractivity contribution in [3.05, 3.63) is 11.7 Å². The summed E-state index contributed by atoms with van der Waals surface area (Å²) in [6, 6.07) is 0. The molecule has 7 nitrogen and oxygen atoms in total. The molecule has 1 aliphatic heterocycles. The van der Waals surface area contributed by atoms with E-state index < -0.39 is 16.2 Å². The summed E-state index contributed by atoms with van der Waals surface area (Å²) in [7, 11) is -3.58. The summed E-state index contributed by atoms with van der Waals surface area (Å²) in [5, 5.41) is 7.12. The van der Waals surface area contributed by atoms with Crippen LogP contribution in [0.2, 0.25) is 0 Å². The minimum Gasteiger partial charge on any atom is -0.336 e. The van der Waals surface area contributed by atoms with Crippen molar-refractivity contribution in [2.75, 3.05) is 19.3 Å². The highest BCUT2D eigenvalue weighted by atomic mass is 32.2. The highest BCUT2D eigenvalue weighted by Crippen LogP contribution is 2.33. The van der Waals surface area contributed by atoms with Crippen LogP contribution in [0.1, 0.15) is 50.4 Å². The van der Waals surface area contributed by atoms with Crippen LogP contribution in [0.5, 0.6) is 0 Å². The lowest BCUT2D eigenvalue weighted by atomic mass is 9.92. The van der Waals surface area contributed by atoms with Crippen LogP contribution in [0.15, 0.2) is 4.52 Å². The molecular weight excluding hydrogens is 282 g/mol. The Kier molecular flexibility index (Phi) is 4.77. The maximum atomic E-state index is 11.5. The van der Waals surface area contributed by atoms with Crippen molar-refractivity contribution >= 4 is 10.1 Å². The third-order valence-corrected chi connectivity index (χ3v) is 3.86.